The monoisotopic (exact) mass is 279 g/mol. The van der Waals surface area contributed by atoms with Crippen LogP contribution in [0.4, 0.5) is 0 Å². The summed E-state index contributed by atoms with van der Waals surface area (Å²) in [6, 6.07) is 3.08. The number of azide groups is 1. The van der Waals surface area contributed by atoms with Gasteiger partial charge < -0.3 is 15.3 Å². The Hall–Kier alpha value is -2.08. The SMILES string of the molecule is Cc1cc(C(O)C(O)CCN=[N+]=[N-])cc(C)c1C(=O)O. The number of aryl methyl sites for hydroxylation is 2. The number of carbonyl (C=O) groups is 1. The van der Waals surface area contributed by atoms with Gasteiger partial charge in [0, 0.05) is 11.5 Å². The lowest BCUT2D eigenvalue weighted by atomic mass is 9.94. The molecule has 0 saturated carbocycles. The second kappa shape index (κ2) is 6.91. The molecule has 0 bridgehead atoms. The molecule has 0 aromatic heterocycles. The van der Waals surface area contributed by atoms with E-state index in [1.807, 2.05) is 0 Å². The number of hydrogen-bond donors (Lipinski definition) is 3. The highest BCUT2D eigenvalue weighted by Crippen LogP contribution is 2.24. The summed E-state index contributed by atoms with van der Waals surface area (Å²) >= 11 is 0. The fourth-order valence-electron chi connectivity index (χ4n) is 2.12. The standard InChI is InChI=1S/C13H17N3O4/c1-7-5-9(6-8(2)11(7)13(19)20)12(18)10(17)3-4-15-16-14/h5-6,10,12,17-18H,3-4H2,1-2H3,(H,19,20). The van der Waals surface area contributed by atoms with Crippen molar-refractivity contribution in [2.45, 2.75) is 32.5 Å². The third-order valence-electron chi connectivity index (χ3n) is 3.06. The number of nitrogens with zero attached hydrogens (tertiary/aromatic N) is 3. The molecule has 3 N–H and O–H groups in total. The first-order chi connectivity index (χ1) is 9.38. The molecule has 1 rings (SSSR count). The molecule has 0 radical (unpaired) electrons. The highest BCUT2D eigenvalue weighted by Gasteiger charge is 2.20. The molecule has 2 atom stereocenters. The lowest BCUT2D eigenvalue weighted by molar-refractivity contribution is 0.0149. The molecule has 0 aliphatic carbocycles. The van der Waals surface area contributed by atoms with Crippen LogP contribution in [-0.4, -0.2) is 33.9 Å². The summed E-state index contributed by atoms with van der Waals surface area (Å²) in [5, 5.41) is 32.2. The van der Waals surface area contributed by atoms with Crippen molar-refractivity contribution >= 4 is 5.97 Å². The van der Waals surface area contributed by atoms with Gasteiger partial charge in [0.15, 0.2) is 0 Å². The Kier molecular flexibility index (Phi) is 5.52. The minimum Gasteiger partial charge on any atom is -0.478 e. The molecular formula is C13H17N3O4. The van der Waals surface area contributed by atoms with Crippen molar-refractivity contribution in [2.24, 2.45) is 5.11 Å². The Morgan fingerprint density at radius 2 is 1.90 bits per heavy atom. The van der Waals surface area contributed by atoms with Gasteiger partial charge in [-0.3, -0.25) is 0 Å². The average Bonchev–Trinajstić information content (AvgIpc) is 2.36. The first-order valence-electron chi connectivity index (χ1n) is 6.10. The average molecular weight is 279 g/mol. The van der Waals surface area contributed by atoms with Crippen molar-refractivity contribution in [2.75, 3.05) is 6.54 Å². The molecule has 0 aliphatic rings. The smallest absolute Gasteiger partial charge is 0.336 e. The largest absolute Gasteiger partial charge is 0.478 e. The normalized spacial score (nSPS) is 13.4. The van der Waals surface area contributed by atoms with Gasteiger partial charge in [0.25, 0.3) is 0 Å². The maximum absolute atomic E-state index is 11.1. The lowest BCUT2D eigenvalue weighted by Gasteiger charge is -2.19. The van der Waals surface area contributed by atoms with Crippen LogP contribution in [-0.2, 0) is 0 Å². The van der Waals surface area contributed by atoms with Crippen molar-refractivity contribution in [3.63, 3.8) is 0 Å². The van der Waals surface area contributed by atoms with E-state index in [0.29, 0.717) is 16.7 Å². The van der Waals surface area contributed by atoms with Crippen LogP contribution in [0.2, 0.25) is 0 Å². The summed E-state index contributed by atoms with van der Waals surface area (Å²) in [6.07, 6.45) is -2.09. The third kappa shape index (κ3) is 3.71. The van der Waals surface area contributed by atoms with Crippen LogP contribution in [0.1, 0.15) is 39.6 Å². The minimum atomic E-state index is -1.15. The predicted molar refractivity (Wildman–Crippen MR) is 72.5 cm³/mol. The predicted octanol–water partition coefficient (Wildman–Crippen LogP) is 2.10. The molecule has 0 fully saturated rings. The van der Waals surface area contributed by atoms with Gasteiger partial charge in [-0.15, -0.1) is 0 Å². The molecule has 20 heavy (non-hydrogen) atoms. The number of aliphatic hydroxyl groups excluding tert-OH is 2. The molecule has 2 unspecified atom stereocenters. The van der Waals surface area contributed by atoms with Gasteiger partial charge >= 0.3 is 5.97 Å². The van der Waals surface area contributed by atoms with Gasteiger partial charge in [-0.2, -0.15) is 0 Å². The molecule has 7 nitrogen and oxygen atoms in total. The van der Waals surface area contributed by atoms with Crippen molar-refractivity contribution in [3.8, 4) is 0 Å². The number of aliphatic hydroxyl groups is 2. The number of hydrogen-bond acceptors (Lipinski definition) is 4. The van der Waals surface area contributed by atoms with Crippen molar-refractivity contribution in [3.05, 3.63) is 44.8 Å². The van der Waals surface area contributed by atoms with Crippen molar-refractivity contribution < 1.29 is 20.1 Å². The van der Waals surface area contributed by atoms with Gasteiger partial charge in [0.05, 0.1) is 11.7 Å². The fraction of sp³-hybridized carbons (Fsp3) is 0.462. The quantitative estimate of drug-likeness (QED) is 0.418. The summed E-state index contributed by atoms with van der Waals surface area (Å²) in [4.78, 5) is 13.6. The number of carboxylic acid groups (broad SMARTS) is 1. The van der Waals surface area contributed by atoms with Crippen LogP contribution in [0, 0.1) is 13.8 Å². The summed E-state index contributed by atoms with van der Waals surface area (Å²) in [5.41, 5.74) is 9.83. The van der Waals surface area contributed by atoms with Crippen molar-refractivity contribution in [1.82, 2.24) is 0 Å². The minimum absolute atomic E-state index is 0.0832. The Labute approximate surface area is 116 Å². The number of rotatable bonds is 6. The van der Waals surface area contributed by atoms with E-state index in [4.69, 9.17) is 10.6 Å². The van der Waals surface area contributed by atoms with E-state index in [2.05, 4.69) is 10.0 Å². The highest BCUT2D eigenvalue weighted by atomic mass is 16.4. The second-order valence-corrected chi connectivity index (χ2v) is 4.59. The molecule has 0 spiro atoms. The Bertz CT molecular complexity index is 530. The second-order valence-electron chi connectivity index (χ2n) is 4.59. The van der Waals surface area contributed by atoms with Gasteiger partial charge in [0.1, 0.15) is 6.10 Å². The number of aromatic carboxylic acids is 1. The molecule has 0 heterocycles. The van der Waals surface area contributed by atoms with Gasteiger partial charge in [0.2, 0.25) is 0 Å². The lowest BCUT2D eigenvalue weighted by Crippen LogP contribution is -2.20. The molecular weight excluding hydrogens is 262 g/mol. The molecule has 0 aliphatic heterocycles. The maximum Gasteiger partial charge on any atom is 0.336 e. The summed E-state index contributed by atoms with van der Waals surface area (Å²) < 4.78 is 0. The van der Waals surface area contributed by atoms with Crippen molar-refractivity contribution in [1.29, 1.82) is 0 Å². The maximum atomic E-state index is 11.1. The zero-order chi connectivity index (χ0) is 15.3. The van der Waals surface area contributed by atoms with Crippen LogP contribution in [0.25, 0.3) is 10.4 Å². The van der Waals surface area contributed by atoms with Crippen LogP contribution in [0.15, 0.2) is 17.2 Å². The van der Waals surface area contributed by atoms with Crippen LogP contribution >= 0.6 is 0 Å². The Balaban J connectivity index is 2.96. The summed E-state index contributed by atoms with van der Waals surface area (Å²) in [6.45, 7) is 3.36. The summed E-state index contributed by atoms with van der Waals surface area (Å²) in [7, 11) is 0. The number of benzene rings is 1. The van der Waals surface area contributed by atoms with E-state index in [9.17, 15) is 15.0 Å². The first-order valence-corrected chi connectivity index (χ1v) is 6.10. The molecule has 1 aromatic carbocycles. The molecule has 0 saturated heterocycles. The molecule has 0 amide bonds. The van der Waals surface area contributed by atoms with E-state index in [1.54, 1.807) is 13.8 Å². The topological polar surface area (TPSA) is 127 Å². The van der Waals surface area contributed by atoms with E-state index in [-0.39, 0.29) is 18.5 Å². The highest BCUT2D eigenvalue weighted by molar-refractivity contribution is 5.91. The van der Waals surface area contributed by atoms with E-state index in [1.165, 1.54) is 12.1 Å². The van der Waals surface area contributed by atoms with Gasteiger partial charge in [-0.1, -0.05) is 17.2 Å². The van der Waals surface area contributed by atoms with Gasteiger partial charge in [-0.05, 0) is 42.5 Å². The van der Waals surface area contributed by atoms with Gasteiger partial charge in [-0.25, -0.2) is 4.79 Å². The zero-order valence-electron chi connectivity index (χ0n) is 11.3. The van der Waals surface area contributed by atoms with E-state index < -0.39 is 18.2 Å². The number of carboxylic acids is 1. The van der Waals surface area contributed by atoms with E-state index in [0.717, 1.165) is 0 Å². The zero-order valence-corrected chi connectivity index (χ0v) is 11.3. The summed E-state index contributed by atoms with van der Waals surface area (Å²) in [5.74, 6) is -1.02. The van der Waals surface area contributed by atoms with Crippen LogP contribution in [0.5, 0.6) is 0 Å². The molecule has 7 heteroatoms. The fourth-order valence-corrected chi connectivity index (χ4v) is 2.12. The third-order valence-corrected chi connectivity index (χ3v) is 3.06. The van der Waals surface area contributed by atoms with E-state index >= 15 is 0 Å². The molecule has 108 valence electrons. The van der Waals surface area contributed by atoms with Crippen LogP contribution < -0.4 is 0 Å². The first kappa shape index (κ1) is 16.0. The Morgan fingerprint density at radius 1 is 1.35 bits per heavy atom. The Morgan fingerprint density at radius 3 is 2.35 bits per heavy atom. The van der Waals surface area contributed by atoms with Crippen LogP contribution in [0.3, 0.4) is 0 Å². The molecule has 1 aromatic rings.